The fourth-order valence-electron chi connectivity index (χ4n) is 1.32. The van der Waals surface area contributed by atoms with Gasteiger partial charge in [0.2, 0.25) is 10.0 Å². The van der Waals surface area contributed by atoms with Gasteiger partial charge in [0, 0.05) is 0 Å². The molecular formula is C10H13ClN2O4S. The first-order chi connectivity index (χ1) is 8.25. The van der Waals surface area contributed by atoms with Crippen LogP contribution in [0, 0.1) is 0 Å². The number of carbonyl (C=O) groups is 1. The second-order valence-corrected chi connectivity index (χ2v) is 5.60. The molecule has 0 fully saturated rings. The molecule has 0 saturated heterocycles. The van der Waals surface area contributed by atoms with E-state index in [9.17, 15) is 13.2 Å². The lowest BCUT2D eigenvalue weighted by Gasteiger charge is -2.15. The molecule has 0 radical (unpaired) electrons. The number of hydrogen-bond donors (Lipinski definition) is 3. The highest BCUT2D eigenvalue weighted by atomic mass is 35.5. The largest absolute Gasteiger partial charge is 0.480 e. The summed E-state index contributed by atoms with van der Waals surface area (Å²) in [6.45, 7) is 1.68. The number of anilines is 1. The van der Waals surface area contributed by atoms with Crippen molar-refractivity contribution in [3.8, 4) is 0 Å². The molecule has 100 valence electrons. The summed E-state index contributed by atoms with van der Waals surface area (Å²) in [7, 11) is -3.85. The fraction of sp³-hybridized carbons (Fsp3) is 0.300. The van der Waals surface area contributed by atoms with Crippen LogP contribution in [0.2, 0.25) is 5.02 Å². The second kappa shape index (κ2) is 5.55. The zero-order valence-electron chi connectivity index (χ0n) is 9.55. The number of aliphatic carboxylic acids is 1. The highest BCUT2D eigenvalue weighted by Gasteiger charge is 2.17. The number of benzene rings is 1. The minimum absolute atomic E-state index is 0.130. The molecule has 0 saturated carbocycles. The van der Waals surface area contributed by atoms with E-state index in [0.29, 0.717) is 6.42 Å². The molecule has 1 aromatic rings. The van der Waals surface area contributed by atoms with Gasteiger partial charge >= 0.3 is 5.97 Å². The van der Waals surface area contributed by atoms with Crippen molar-refractivity contribution in [2.45, 2.75) is 24.3 Å². The lowest BCUT2D eigenvalue weighted by Crippen LogP contribution is -2.28. The smallest absolute Gasteiger partial charge is 0.326 e. The van der Waals surface area contributed by atoms with Gasteiger partial charge in [-0.25, -0.2) is 18.4 Å². The minimum atomic E-state index is -3.85. The number of hydrogen-bond acceptors (Lipinski definition) is 4. The topological polar surface area (TPSA) is 109 Å². The van der Waals surface area contributed by atoms with E-state index in [-0.39, 0.29) is 15.6 Å². The molecule has 0 heterocycles. The van der Waals surface area contributed by atoms with Crippen LogP contribution in [0.1, 0.15) is 13.3 Å². The normalized spacial score (nSPS) is 13.1. The number of halogens is 1. The van der Waals surface area contributed by atoms with Crippen LogP contribution in [0.15, 0.2) is 23.1 Å². The summed E-state index contributed by atoms with van der Waals surface area (Å²) in [5.41, 5.74) is 0.220. The molecule has 6 nitrogen and oxygen atoms in total. The van der Waals surface area contributed by atoms with Crippen LogP contribution in [0.3, 0.4) is 0 Å². The number of carboxylic acid groups (broad SMARTS) is 1. The van der Waals surface area contributed by atoms with Gasteiger partial charge in [-0.15, -0.1) is 0 Å². The van der Waals surface area contributed by atoms with Crippen molar-refractivity contribution < 1.29 is 18.3 Å². The van der Waals surface area contributed by atoms with Gasteiger partial charge in [-0.1, -0.05) is 18.5 Å². The third-order valence-electron chi connectivity index (χ3n) is 2.30. The molecule has 1 atom stereocenters. The van der Waals surface area contributed by atoms with Gasteiger partial charge < -0.3 is 10.4 Å². The first-order valence-corrected chi connectivity index (χ1v) is 6.99. The molecule has 8 heteroatoms. The Morgan fingerprint density at radius 2 is 2.17 bits per heavy atom. The van der Waals surface area contributed by atoms with Gasteiger partial charge in [0.25, 0.3) is 0 Å². The van der Waals surface area contributed by atoms with E-state index in [4.69, 9.17) is 21.8 Å². The van der Waals surface area contributed by atoms with Crippen molar-refractivity contribution in [3.05, 3.63) is 23.2 Å². The van der Waals surface area contributed by atoms with Crippen molar-refractivity contribution in [3.63, 3.8) is 0 Å². The van der Waals surface area contributed by atoms with Gasteiger partial charge in [0.15, 0.2) is 0 Å². The van der Waals surface area contributed by atoms with E-state index in [2.05, 4.69) is 5.32 Å². The second-order valence-electron chi connectivity index (χ2n) is 3.63. The molecule has 0 aromatic heterocycles. The lowest BCUT2D eigenvalue weighted by atomic mass is 10.2. The predicted octanol–water partition coefficient (Wildman–Crippen LogP) is 1.26. The number of carboxylic acids is 1. The van der Waals surface area contributed by atoms with Gasteiger partial charge in [-0.05, 0) is 24.6 Å². The summed E-state index contributed by atoms with van der Waals surface area (Å²) in [4.78, 5) is 10.7. The van der Waals surface area contributed by atoms with Gasteiger partial charge in [0.1, 0.15) is 6.04 Å². The SMILES string of the molecule is CCC(Nc1cc(S(N)(=O)=O)ccc1Cl)C(=O)O. The zero-order chi connectivity index (χ0) is 13.9. The van der Waals surface area contributed by atoms with Crippen LogP contribution in [-0.4, -0.2) is 25.5 Å². The summed E-state index contributed by atoms with van der Waals surface area (Å²) in [6.07, 6.45) is 0.325. The van der Waals surface area contributed by atoms with E-state index < -0.39 is 22.0 Å². The quantitative estimate of drug-likeness (QED) is 0.757. The minimum Gasteiger partial charge on any atom is -0.480 e. The zero-order valence-corrected chi connectivity index (χ0v) is 11.1. The van der Waals surface area contributed by atoms with Crippen LogP contribution in [0.5, 0.6) is 0 Å². The van der Waals surface area contributed by atoms with Gasteiger partial charge in [-0.2, -0.15) is 0 Å². The van der Waals surface area contributed by atoms with E-state index in [0.717, 1.165) is 0 Å². The van der Waals surface area contributed by atoms with E-state index in [1.165, 1.54) is 18.2 Å². The summed E-state index contributed by atoms with van der Waals surface area (Å²) in [6, 6.07) is 2.96. The molecule has 0 aliphatic rings. The molecule has 18 heavy (non-hydrogen) atoms. The average molecular weight is 293 g/mol. The van der Waals surface area contributed by atoms with Crippen LogP contribution in [-0.2, 0) is 14.8 Å². The fourth-order valence-corrected chi connectivity index (χ4v) is 2.03. The number of nitrogens with two attached hydrogens (primary N) is 1. The summed E-state index contributed by atoms with van der Waals surface area (Å²) < 4.78 is 22.4. The van der Waals surface area contributed by atoms with Crippen LogP contribution in [0.25, 0.3) is 0 Å². The molecule has 0 amide bonds. The third kappa shape index (κ3) is 3.59. The molecule has 4 N–H and O–H groups in total. The average Bonchev–Trinajstić information content (AvgIpc) is 2.25. The molecule has 0 aliphatic heterocycles. The van der Waals surface area contributed by atoms with Crippen molar-refractivity contribution in [2.24, 2.45) is 5.14 Å². The summed E-state index contributed by atoms with van der Waals surface area (Å²) >= 11 is 5.86. The predicted molar refractivity (Wildman–Crippen MR) is 68.2 cm³/mol. The van der Waals surface area contributed by atoms with E-state index in [1.807, 2.05) is 0 Å². The van der Waals surface area contributed by atoms with Gasteiger partial charge in [-0.3, -0.25) is 0 Å². The van der Waals surface area contributed by atoms with Crippen LogP contribution in [0.4, 0.5) is 5.69 Å². The molecule has 1 aromatic carbocycles. The van der Waals surface area contributed by atoms with Crippen molar-refractivity contribution in [1.29, 1.82) is 0 Å². The van der Waals surface area contributed by atoms with Crippen molar-refractivity contribution in [1.82, 2.24) is 0 Å². The van der Waals surface area contributed by atoms with Crippen molar-refractivity contribution >= 4 is 33.3 Å². The maximum Gasteiger partial charge on any atom is 0.326 e. The number of rotatable bonds is 5. The third-order valence-corrected chi connectivity index (χ3v) is 3.54. The Morgan fingerprint density at radius 1 is 1.56 bits per heavy atom. The van der Waals surface area contributed by atoms with Crippen LogP contribution >= 0.6 is 11.6 Å². The maximum absolute atomic E-state index is 11.2. The number of nitrogens with one attached hydrogen (secondary N) is 1. The Morgan fingerprint density at radius 3 is 2.61 bits per heavy atom. The number of primary sulfonamides is 1. The first kappa shape index (κ1) is 14.7. The maximum atomic E-state index is 11.2. The van der Waals surface area contributed by atoms with Gasteiger partial charge in [0.05, 0.1) is 15.6 Å². The lowest BCUT2D eigenvalue weighted by molar-refractivity contribution is -0.137. The number of sulfonamides is 1. The first-order valence-electron chi connectivity index (χ1n) is 5.07. The van der Waals surface area contributed by atoms with E-state index in [1.54, 1.807) is 6.92 Å². The highest BCUT2D eigenvalue weighted by Crippen LogP contribution is 2.25. The van der Waals surface area contributed by atoms with E-state index >= 15 is 0 Å². The molecular weight excluding hydrogens is 280 g/mol. The molecule has 0 bridgehead atoms. The van der Waals surface area contributed by atoms with Crippen LogP contribution < -0.4 is 10.5 Å². The monoisotopic (exact) mass is 292 g/mol. The highest BCUT2D eigenvalue weighted by molar-refractivity contribution is 7.89. The Labute approximate surface area is 110 Å². The molecule has 0 spiro atoms. The Kier molecular flexibility index (Phi) is 4.55. The molecule has 1 unspecified atom stereocenters. The summed E-state index contributed by atoms with van der Waals surface area (Å²) in [5, 5.41) is 16.8. The Balaban J connectivity index is 3.12. The Hall–Kier alpha value is -1.31. The van der Waals surface area contributed by atoms with Crippen molar-refractivity contribution in [2.75, 3.05) is 5.32 Å². The molecule has 1 rings (SSSR count). The Bertz CT molecular complexity index is 559. The molecule has 0 aliphatic carbocycles. The summed E-state index contributed by atoms with van der Waals surface area (Å²) in [5.74, 6) is -1.05. The standard InChI is InChI=1S/C10H13ClN2O4S/c1-2-8(10(14)15)13-9-5-6(18(12,16)17)3-4-7(9)11/h3-5,8,13H,2H2,1H3,(H,14,15)(H2,12,16,17).